The monoisotopic (exact) mass is 266 g/mol. The van der Waals surface area contributed by atoms with E-state index in [4.69, 9.17) is 11.6 Å². The summed E-state index contributed by atoms with van der Waals surface area (Å²) in [5.41, 5.74) is 0.401. The van der Waals surface area contributed by atoms with Crippen LogP contribution in [0, 0.1) is 5.82 Å². The first-order chi connectivity index (χ1) is 7.28. The number of benzene rings is 1. The number of rotatable bonds is 4. The van der Waals surface area contributed by atoms with Crippen LogP contribution >= 0.6 is 11.6 Å². The lowest BCUT2D eigenvalue weighted by Gasteiger charge is -2.10. The SMILES string of the molecule is CS(=O)(=O)CC(O)Cc1cc(F)ccc1Cl. The number of hydrogen-bond donors (Lipinski definition) is 1. The molecule has 0 aromatic heterocycles. The van der Waals surface area contributed by atoms with Gasteiger partial charge in [-0.15, -0.1) is 0 Å². The number of aliphatic hydroxyl groups is 1. The van der Waals surface area contributed by atoms with Crippen LogP contribution in [0.1, 0.15) is 5.56 Å². The minimum Gasteiger partial charge on any atom is -0.392 e. The van der Waals surface area contributed by atoms with Crippen molar-refractivity contribution in [1.29, 1.82) is 0 Å². The van der Waals surface area contributed by atoms with E-state index in [0.717, 1.165) is 6.26 Å². The summed E-state index contributed by atoms with van der Waals surface area (Å²) in [6.45, 7) is 0. The molecule has 1 aromatic carbocycles. The minimum absolute atomic E-state index is 0.0175. The van der Waals surface area contributed by atoms with E-state index < -0.39 is 21.8 Å². The Kier molecular flexibility index (Phi) is 4.29. The van der Waals surface area contributed by atoms with E-state index in [1.165, 1.54) is 18.2 Å². The molecular formula is C10H12ClFO3S. The lowest BCUT2D eigenvalue weighted by molar-refractivity contribution is 0.198. The van der Waals surface area contributed by atoms with Crippen molar-refractivity contribution >= 4 is 21.4 Å². The van der Waals surface area contributed by atoms with Crippen LogP contribution in [0.25, 0.3) is 0 Å². The lowest BCUT2D eigenvalue weighted by Crippen LogP contribution is -2.22. The van der Waals surface area contributed by atoms with Gasteiger partial charge in [0, 0.05) is 17.7 Å². The molecule has 90 valence electrons. The van der Waals surface area contributed by atoms with Crippen molar-refractivity contribution in [1.82, 2.24) is 0 Å². The highest BCUT2D eigenvalue weighted by Crippen LogP contribution is 2.18. The third kappa shape index (κ3) is 4.47. The fourth-order valence-corrected chi connectivity index (χ4v) is 2.37. The molecule has 0 spiro atoms. The molecule has 1 unspecified atom stereocenters. The Labute approximate surface area is 98.8 Å². The van der Waals surface area contributed by atoms with Crippen LogP contribution in [-0.4, -0.2) is 31.6 Å². The van der Waals surface area contributed by atoms with Gasteiger partial charge in [-0.3, -0.25) is 0 Å². The van der Waals surface area contributed by atoms with Gasteiger partial charge < -0.3 is 5.11 Å². The summed E-state index contributed by atoms with van der Waals surface area (Å²) in [5, 5.41) is 9.81. The Morgan fingerprint density at radius 1 is 1.50 bits per heavy atom. The molecule has 0 bridgehead atoms. The van der Waals surface area contributed by atoms with E-state index in [1.54, 1.807) is 0 Å². The van der Waals surface area contributed by atoms with E-state index in [-0.39, 0.29) is 12.2 Å². The molecule has 1 N–H and O–H groups in total. The summed E-state index contributed by atoms with van der Waals surface area (Å²) in [6, 6.07) is 3.77. The maximum atomic E-state index is 12.9. The predicted octanol–water partition coefficient (Wildman–Crippen LogP) is 1.43. The molecule has 1 rings (SSSR count). The fourth-order valence-electron chi connectivity index (χ4n) is 1.36. The second kappa shape index (κ2) is 5.12. The molecule has 16 heavy (non-hydrogen) atoms. The molecule has 0 saturated carbocycles. The van der Waals surface area contributed by atoms with Gasteiger partial charge in [0.05, 0.1) is 11.9 Å². The molecule has 1 atom stereocenters. The summed E-state index contributed by atoms with van der Waals surface area (Å²) in [5.74, 6) is -0.828. The zero-order valence-corrected chi connectivity index (χ0v) is 10.2. The van der Waals surface area contributed by atoms with E-state index >= 15 is 0 Å². The maximum absolute atomic E-state index is 12.9. The Bertz CT molecular complexity index is 473. The number of sulfone groups is 1. The summed E-state index contributed by atoms with van der Waals surface area (Å²) >= 11 is 5.78. The molecule has 1 aromatic rings. The van der Waals surface area contributed by atoms with Crippen molar-refractivity contribution in [2.45, 2.75) is 12.5 Å². The van der Waals surface area contributed by atoms with Crippen LogP contribution in [0.3, 0.4) is 0 Å². The largest absolute Gasteiger partial charge is 0.392 e. The van der Waals surface area contributed by atoms with Crippen molar-refractivity contribution in [3.63, 3.8) is 0 Å². The molecule has 0 aliphatic heterocycles. The van der Waals surface area contributed by atoms with Crippen LogP contribution in [0.5, 0.6) is 0 Å². The van der Waals surface area contributed by atoms with E-state index in [0.29, 0.717) is 10.6 Å². The Hall–Kier alpha value is -0.650. The first-order valence-corrected chi connectivity index (χ1v) is 7.01. The maximum Gasteiger partial charge on any atom is 0.150 e. The standard InChI is InChI=1S/C10H12ClFO3S/c1-16(14,15)6-9(13)5-7-4-8(12)2-3-10(7)11/h2-4,9,13H,5-6H2,1H3. The Balaban J connectivity index is 2.77. The highest BCUT2D eigenvalue weighted by atomic mass is 35.5. The van der Waals surface area contributed by atoms with Gasteiger partial charge >= 0.3 is 0 Å². The first-order valence-electron chi connectivity index (χ1n) is 4.57. The van der Waals surface area contributed by atoms with Crippen molar-refractivity contribution in [3.8, 4) is 0 Å². The van der Waals surface area contributed by atoms with Crippen LogP contribution in [-0.2, 0) is 16.3 Å². The smallest absolute Gasteiger partial charge is 0.150 e. The van der Waals surface area contributed by atoms with Crippen molar-refractivity contribution in [2.75, 3.05) is 12.0 Å². The van der Waals surface area contributed by atoms with Gasteiger partial charge in [0.25, 0.3) is 0 Å². The van der Waals surface area contributed by atoms with Crippen molar-refractivity contribution in [3.05, 3.63) is 34.6 Å². The van der Waals surface area contributed by atoms with Crippen LogP contribution in [0.4, 0.5) is 4.39 Å². The molecular weight excluding hydrogens is 255 g/mol. The van der Waals surface area contributed by atoms with Crippen LogP contribution < -0.4 is 0 Å². The minimum atomic E-state index is -3.25. The van der Waals surface area contributed by atoms with Crippen LogP contribution in [0.2, 0.25) is 5.02 Å². The average molecular weight is 267 g/mol. The van der Waals surface area contributed by atoms with E-state index in [9.17, 15) is 17.9 Å². The van der Waals surface area contributed by atoms with E-state index in [2.05, 4.69) is 0 Å². The summed E-state index contributed by atoms with van der Waals surface area (Å²) < 4.78 is 34.7. The van der Waals surface area contributed by atoms with Gasteiger partial charge in [0.2, 0.25) is 0 Å². The molecule has 0 heterocycles. The zero-order valence-electron chi connectivity index (χ0n) is 8.65. The van der Waals surface area contributed by atoms with Gasteiger partial charge in [0.15, 0.2) is 0 Å². The predicted molar refractivity (Wildman–Crippen MR) is 60.8 cm³/mol. The lowest BCUT2D eigenvalue weighted by atomic mass is 10.1. The summed E-state index contributed by atoms with van der Waals surface area (Å²) in [6.07, 6.45) is -0.0260. The number of halogens is 2. The highest BCUT2D eigenvalue weighted by molar-refractivity contribution is 7.90. The van der Waals surface area contributed by atoms with Gasteiger partial charge in [-0.05, 0) is 23.8 Å². The second-order valence-electron chi connectivity index (χ2n) is 3.69. The van der Waals surface area contributed by atoms with Gasteiger partial charge in [-0.25, -0.2) is 12.8 Å². The summed E-state index contributed by atoms with van der Waals surface area (Å²) in [7, 11) is -3.25. The highest BCUT2D eigenvalue weighted by Gasteiger charge is 2.14. The van der Waals surface area contributed by atoms with E-state index in [1.807, 2.05) is 0 Å². The molecule has 0 amide bonds. The molecule has 0 fully saturated rings. The van der Waals surface area contributed by atoms with Gasteiger partial charge in [-0.2, -0.15) is 0 Å². The quantitative estimate of drug-likeness (QED) is 0.897. The third-order valence-corrected chi connectivity index (χ3v) is 3.32. The van der Waals surface area contributed by atoms with Crippen molar-refractivity contribution in [2.24, 2.45) is 0 Å². The molecule has 3 nitrogen and oxygen atoms in total. The molecule has 0 aliphatic carbocycles. The number of aliphatic hydroxyl groups excluding tert-OH is 1. The average Bonchev–Trinajstić information content (AvgIpc) is 2.08. The van der Waals surface area contributed by atoms with Crippen LogP contribution in [0.15, 0.2) is 18.2 Å². The second-order valence-corrected chi connectivity index (χ2v) is 6.28. The third-order valence-electron chi connectivity index (χ3n) is 1.96. The molecule has 0 saturated heterocycles. The fraction of sp³-hybridized carbons (Fsp3) is 0.400. The van der Waals surface area contributed by atoms with Gasteiger partial charge in [0.1, 0.15) is 15.7 Å². The molecule has 0 radical (unpaired) electrons. The molecule has 6 heteroatoms. The molecule has 0 aliphatic rings. The topological polar surface area (TPSA) is 54.4 Å². The Morgan fingerprint density at radius 2 is 2.12 bits per heavy atom. The van der Waals surface area contributed by atoms with Gasteiger partial charge in [-0.1, -0.05) is 11.6 Å². The Morgan fingerprint density at radius 3 is 2.69 bits per heavy atom. The summed E-state index contributed by atoms with van der Waals surface area (Å²) in [4.78, 5) is 0. The normalized spacial score (nSPS) is 13.8. The van der Waals surface area contributed by atoms with Crippen molar-refractivity contribution < 1.29 is 17.9 Å². The zero-order chi connectivity index (χ0) is 12.3. The first kappa shape index (κ1) is 13.4. The number of hydrogen-bond acceptors (Lipinski definition) is 3.